The number of likely N-dealkylation sites (N-methyl/N-ethyl adjacent to an activating group) is 1. The summed E-state index contributed by atoms with van der Waals surface area (Å²) in [5.74, 6) is -0.554. The van der Waals surface area contributed by atoms with Gasteiger partial charge in [0, 0.05) is 12.1 Å². The molecule has 7 heteroatoms. The van der Waals surface area contributed by atoms with Crippen LogP contribution in [0.1, 0.15) is 41.0 Å². The normalized spacial score (nSPS) is 17.3. The van der Waals surface area contributed by atoms with Crippen LogP contribution in [0.4, 0.5) is 13.2 Å². The summed E-state index contributed by atoms with van der Waals surface area (Å²) in [6, 6.07) is -0.696. The molecular formula is C13H26F3N3O. The predicted molar refractivity (Wildman–Crippen MR) is 73.3 cm³/mol. The molecule has 2 unspecified atom stereocenters. The van der Waals surface area contributed by atoms with E-state index >= 15 is 0 Å². The molecule has 3 N–H and O–H groups in total. The summed E-state index contributed by atoms with van der Waals surface area (Å²) in [4.78, 5) is 12.9. The van der Waals surface area contributed by atoms with Crippen molar-refractivity contribution >= 4 is 5.91 Å². The molecule has 1 amide bonds. The maximum absolute atomic E-state index is 12.6. The maximum atomic E-state index is 12.6. The van der Waals surface area contributed by atoms with Crippen molar-refractivity contribution in [2.45, 2.75) is 64.8 Å². The largest absolute Gasteiger partial charge is 0.401 e. The van der Waals surface area contributed by atoms with Gasteiger partial charge in [-0.1, -0.05) is 6.92 Å². The second kappa shape index (κ2) is 7.26. The zero-order chi connectivity index (χ0) is 16.1. The molecule has 120 valence electrons. The van der Waals surface area contributed by atoms with Gasteiger partial charge in [-0.25, -0.2) is 0 Å². The predicted octanol–water partition coefficient (Wildman–Crippen LogP) is 1.89. The Labute approximate surface area is 118 Å². The number of primary amides is 1. The first-order valence-electron chi connectivity index (χ1n) is 6.80. The van der Waals surface area contributed by atoms with Crippen molar-refractivity contribution in [3.8, 4) is 0 Å². The molecule has 0 aromatic carbocycles. The van der Waals surface area contributed by atoms with Crippen molar-refractivity contribution in [1.82, 2.24) is 10.2 Å². The summed E-state index contributed by atoms with van der Waals surface area (Å²) in [6.45, 7) is 8.07. The fourth-order valence-corrected chi connectivity index (χ4v) is 2.41. The molecule has 0 bridgehead atoms. The summed E-state index contributed by atoms with van der Waals surface area (Å²) in [5, 5.41) is 2.96. The van der Waals surface area contributed by atoms with Crippen molar-refractivity contribution in [3.63, 3.8) is 0 Å². The second-order valence-corrected chi connectivity index (χ2v) is 5.66. The molecule has 0 heterocycles. The van der Waals surface area contributed by atoms with Gasteiger partial charge in [-0.15, -0.1) is 0 Å². The molecule has 0 aromatic heterocycles. The lowest BCUT2D eigenvalue weighted by Crippen LogP contribution is -2.57. The van der Waals surface area contributed by atoms with Crippen LogP contribution >= 0.6 is 0 Å². The van der Waals surface area contributed by atoms with Gasteiger partial charge in [0.1, 0.15) is 0 Å². The number of nitrogens with one attached hydrogen (secondary N) is 1. The summed E-state index contributed by atoms with van der Waals surface area (Å²) >= 11 is 0. The van der Waals surface area contributed by atoms with Gasteiger partial charge < -0.3 is 11.1 Å². The van der Waals surface area contributed by atoms with Crippen LogP contribution in [0.5, 0.6) is 0 Å². The van der Waals surface area contributed by atoms with Crippen LogP contribution < -0.4 is 11.1 Å². The quantitative estimate of drug-likeness (QED) is 0.719. The Bertz CT molecular complexity index is 320. The number of hydrogen-bond donors (Lipinski definition) is 2. The average molecular weight is 297 g/mol. The van der Waals surface area contributed by atoms with Crippen molar-refractivity contribution in [2.24, 2.45) is 5.73 Å². The monoisotopic (exact) mass is 297 g/mol. The van der Waals surface area contributed by atoms with Gasteiger partial charge in [0.15, 0.2) is 0 Å². The molecule has 0 aliphatic carbocycles. The average Bonchev–Trinajstić information content (AvgIpc) is 2.24. The van der Waals surface area contributed by atoms with Crippen LogP contribution in [0.25, 0.3) is 0 Å². The Balaban J connectivity index is 4.98. The molecule has 0 radical (unpaired) electrons. The van der Waals surface area contributed by atoms with Gasteiger partial charge >= 0.3 is 6.18 Å². The second-order valence-electron chi connectivity index (χ2n) is 5.66. The summed E-state index contributed by atoms with van der Waals surface area (Å²) in [5.41, 5.74) is 4.36. The molecule has 4 nitrogen and oxygen atoms in total. The fraction of sp³-hybridized carbons (Fsp3) is 0.923. The minimum Gasteiger partial charge on any atom is -0.368 e. The Kier molecular flexibility index (Phi) is 6.97. The number of halogens is 3. The first-order valence-corrected chi connectivity index (χ1v) is 6.80. The van der Waals surface area contributed by atoms with Gasteiger partial charge in [-0.2, -0.15) is 13.2 Å². The third-order valence-corrected chi connectivity index (χ3v) is 3.41. The van der Waals surface area contributed by atoms with E-state index in [4.69, 9.17) is 5.73 Å². The molecule has 0 saturated heterocycles. The van der Waals surface area contributed by atoms with Crippen LogP contribution in [-0.4, -0.2) is 47.7 Å². The van der Waals surface area contributed by atoms with E-state index < -0.39 is 30.2 Å². The zero-order valence-electron chi connectivity index (χ0n) is 12.8. The summed E-state index contributed by atoms with van der Waals surface area (Å²) < 4.78 is 37.9. The molecule has 0 aliphatic heterocycles. The molecular weight excluding hydrogens is 271 g/mol. The third kappa shape index (κ3) is 6.09. The van der Waals surface area contributed by atoms with E-state index in [2.05, 4.69) is 5.32 Å². The Hall–Kier alpha value is -0.820. The maximum Gasteiger partial charge on any atom is 0.401 e. The van der Waals surface area contributed by atoms with Crippen LogP contribution in [0.2, 0.25) is 0 Å². The highest BCUT2D eigenvalue weighted by Crippen LogP contribution is 2.23. The lowest BCUT2D eigenvalue weighted by atomic mass is 9.91. The van der Waals surface area contributed by atoms with Gasteiger partial charge in [-0.05, 0) is 40.7 Å². The molecule has 0 aromatic rings. The smallest absolute Gasteiger partial charge is 0.368 e. The van der Waals surface area contributed by atoms with E-state index in [9.17, 15) is 18.0 Å². The van der Waals surface area contributed by atoms with Crippen LogP contribution in [0.15, 0.2) is 0 Å². The highest BCUT2D eigenvalue weighted by Gasteiger charge is 2.38. The van der Waals surface area contributed by atoms with Crippen LogP contribution in [-0.2, 0) is 4.79 Å². The number of amides is 1. The van der Waals surface area contributed by atoms with Gasteiger partial charge in [0.2, 0.25) is 5.91 Å². The van der Waals surface area contributed by atoms with E-state index in [0.29, 0.717) is 6.54 Å². The first kappa shape index (κ1) is 19.2. The Morgan fingerprint density at radius 2 is 1.80 bits per heavy atom. The van der Waals surface area contributed by atoms with Crippen molar-refractivity contribution < 1.29 is 18.0 Å². The molecule has 0 spiro atoms. The number of rotatable bonds is 8. The topological polar surface area (TPSA) is 58.4 Å². The number of carbonyl (C=O) groups is 1. The Morgan fingerprint density at radius 1 is 1.30 bits per heavy atom. The van der Waals surface area contributed by atoms with Crippen molar-refractivity contribution in [1.29, 1.82) is 0 Å². The third-order valence-electron chi connectivity index (χ3n) is 3.41. The molecule has 2 atom stereocenters. The van der Waals surface area contributed by atoms with E-state index in [1.165, 1.54) is 4.90 Å². The van der Waals surface area contributed by atoms with Crippen LogP contribution in [0, 0.1) is 0 Å². The number of alkyl halides is 3. The Morgan fingerprint density at radius 3 is 2.10 bits per heavy atom. The SMILES string of the molecule is CCNC(C)(CC(C)N(CC(F)(F)F)C(C)C)C(N)=O. The zero-order valence-corrected chi connectivity index (χ0v) is 12.8. The van der Waals surface area contributed by atoms with E-state index in [1.807, 2.05) is 6.92 Å². The summed E-state index contributed by atoms with van der Waals surface area (Å²) in [7, 11) is 0. The van der Waals surface area contributed by atoms with Gasteiger partial charge in [0.05, 0.1) is 12.1 Å². The lowest BCUT2D eigenvalue weighted by Gasteiger charge is -2.38. The number of nitrogens with two attached hydrogens (primary N) is 1. The van der Waals surface area contributed by atoms with Gasteiger partial charge in [-0.3, -0.25) is 9.69 Å². The molecule has 0 aliphatic rings. The highest BCUT2D eigenvalue weighted by atomic mass is 19.4. The highest BCUT2D eigenvalue weighted by molar-refractivity contribution is 5.84. The van der Waals surface area contributed by atoms with Crippen molar-refractivity contribution in [2.75, 3.05) is 13.1 Å². The minimum atomic E-state index is -4.26. The van der Waals surface area contributed by atoms with E-state index in [1.54, 1.807) is 27.7 Å². The molecule has 20 heavy (non-hydrogen) atoms. The number of hydrogen-bond acceptors (Lipinski definition) is 3. The first-order chi connectivity index (χ1) is 8.93. The molecule has 0 rings (SSSR count). The van der Waals surface area contributed by atoms with Crippen LogP contribution in [0.3, 0.4) is 0 Å². The lowest BCUT2D eigenvalue weighted by molar-refractivity contribution is -0.155. The minimum absolute atomic E-state index is 0.227. The van der Waals surface area contributed by atoms with E-state index in [0.717, 1.165) is 0 Å². The molecule has 0 saturated carbocycles. The van der Waals surface area contributed by atoms with Gasteiger partial charge in [0.25, 0.3) is 0 Å². The standard InChI is InChI=1S/C13H26F3N3O/c1-6-18-12(5,11(17)20)7-10(4)19(9(2)3)8-13(14,15)16/h9-10,18H,6-8H2,1-5H3,(H2,17,20). The van der Waals surface area contributed by atoms with E-state index in [-0.39, 0.29) is 12.5 Å². The van der Waals surface area contributed by atoms with Crippen molar-refractivity contribution in [3.05, 3.63) is 0 Å². The summed E-state index contributed by atoms with van der Waals surface area (Å²) in [6.07, 6.45) is -4.04. The number of nitrogens with zero attached hydrogens (tertiary/aromatic N) is 1. The molecule has 0 fully saturated rings. The fourth-order valence-electron chi connectivity index (χ4n) is 2.41. The number of carbonyl (C=O) groups excluding carboxylic acids is 1.